The van der Waals surface area contributed by atoms with Gasteiger partial charge >= 0.3 is 0 Å². The van der Waals surface area contributed by atoms with Crippen LogP contribution in [-0.4, -0.2) is 43.7 Å². The maximum absolute atomic E-state index is 10.1. The second-order valence-electron chi connectivity index (χ2n) is 3.32. The first-order valence-electron chi connectivity index (χ1n) is 3.34. The minimum absolute atomic E-state index is 0. The molecule has 0 saturated heterocycles. The molecule has 0 amide bonds. The molecule has 0 aromatic heterocycles. The van der Waals surface area contributed by atoms with Gasteiger partial charge in [0.2, 0.25) is 0 Å². The van der Waals surface area contributed by atoms with E-state index in [4.69, 9.17) is 4.89 Å². The smallest absolute Gasteiger partial charge is 0.265 e. The average Bonchev–Trinajstić information content (AvgIpc) is 1.86. The van der Waals surface area contributed by atoms with Gasteiger partial charge in [-0.25, -0.2) is 0 Å². The predicted octanol–water partition coefficient (Wildman–Crippen LogP) is 0.939. The van der Waals surface area contributed by atoms with E-state index < -0.39 is 7.82 Å². The number of quaternary nitrogens is 1. The summed E-state index contributed by atoms with van der Waals surface area (Å²) in [5, 5.41) is 0. The Morgan fingerprint density at radius 2 is 1.79 bits per heavy atom. The van der Waals surface area contributed by atoms with E-state index >= 15 is 0 Å². The molecule has 0 spiro atoms. The van der Waals surface area contributed by atoms with Crippen molar-refractivity contribution < 1.29 is 56.1 Å². The molecule has 0 fully saturated rings. The number of phosphoric ester groups is 1. The third-order valence-corrected chi connectivity index (χ3v) is 1.53. The van der Waals surface area contributed by atoms with Crippen molar-refractivity contribution in [1.82, 2.24) is 0 Å². The van der Waals surface area contributed by atoms with Gasteiger partial charge in [-0.1, -0.05) is 0 Å². The Morgan fingerprint density at radius 1 is 1.43 bits per heavy atom. The largest absolute Gasteiger partial charge is 0.756 e. The Hall–Kier alpha value is 2.63. The molecule has 1 radical (unpaired) electrons. The van der Waals surface area contributed by atoms with Crippen molar-refractivity contribution in [3.63, 3.8) is 0 Å². The summed E-state index contributed by atoms with van der Waals surface area (Å²) in [7, 11) is 1.19. The molecular weight excluding hydrogens is 512 g/mol. The molecule has 0 aliphatic rings. The average molecular weight is 526 g/mol. The SMILES string of the molecule is C[N+](C)(C)CCOP(=O)([O-])O.II.[Y]. The van der Waals surface area contributed by atoms with E-state index in [1.807, 2.05) is 21.1 Å². The molecule has 1 unspecified atom stereocenters. The molecule has 0 aliphatic carbocycles. The van der Waals surface area contributed by atoms with Gasteiger partial charge in [0.15, 0.2) is 0 Å². The van der Waals surface area contributed by atoms with Crippen LogP contribution in [0.1, 0.15) is 0 Å². The summed E-state index contributed by atoms with van der Waals surface area (Å²) >= 11 is 4.24. The van der Waals surface area contributed by atoms with Crippen LogP contribution in [0, 0.1) is 0 Å². The molecule has 0 heterocycles. The number of likely N-dealkylation sites (N-methyl/N-ethyl adjacent to an activating group) is 1. The van der Waals surface area contributed by atoms with Crippen LogP contribution in [0.25, 0.3) is 0 Å². The summed E-state index contributed by atoms with van der Waals surface area (Å²) in [5.41, 5.74) is 0. The number of rotatable bonds is 4. The fraction of sp³-hybridized carbons (Fsp3) is 1.00. The van der Waals surface area contributed by atoms with Crippen LogP contribution < -0.4 is 4.89 Å². The summed E-state index contributed by atoms with van der Waals surface area (Å²) in [6, 6.07) is 0. The fourth-order valence-electron chi connectivity index (χ4n) is 0.430. The molecule has 0 bridgehead atoms. The van der Waals surface area contributed by atoms with E-state index in [0.717, 1.165) is 0 Å². The molecule has 0 aromatic rings. The Kier molecular flexibility index (Phi) is 16.8. The Balaban J connectivity index is -0.000000376. The van der Waals surface area contributed by atoms with Crippen LogP contribution in [0.5, 0.6) is 0 Å². The minimum atomic E-state index is -4.51. The van der Waals surface area contributed by atoms with Gasteiger partial charge in [-0.2, -0.15) is 0 Å². The van der Waals surface area contributed by atoms with E-state index in [2.05, 4.69) is 41.8 Å². The summed E-state index contributed by atoms with van der Waals surface area (Å²) in [4.78, 5) is 18.3. The van der Waals surface area contributed by atoms with Crippen molar-refractivity contribution >= 4 is 45.1 Å². The summed E-state index contributed by atoms with van der Waals surface area (Å²) in [5.74, 6) is 0. The van der Waals surface area contributed by atoms with Gasteiger partial charge in [0.05, 0.1) is 21.1 Å². The van der Waals surface area contributed by atoms with Crippen molar-refractivity contribution in [2.45, 2.75) is 0 Å². The van der Waals surface area contributed by atoms with Crippen molar-refractivity contribution in [3.8, 4) is 0 Å². The standard InChI is InChI=1S/C5H14NO4P.I2.Y/c1-6(2,3)4-5-10-11(7,8)9;1-2;/h4-5H2,1-3H3,(H-,7,8,9);;. The van der Waals surface area contributed by atoms with E-state index in [-0.39, 0.29) is 39.3 Å². The Morgan fingerprint density at radius 3 is 2.00 bits per heavy atom. The summed E-state index contributed by atoms with van der Waals surface area (Å²) in [6.07, 6.45) is 0. The Bertz CT molecular complexity index is 172. The number of nitrogens with zero attached hydrogens (tertiary/aromatic N) is 1. The predicted molar refractivity (Wildman–Crippen MR) is 66.7 cm³/mol. The molecule has 0 rings (SSSR count). The van der Waals surface area contributed by atoms with Gasteiger partial charge < -0.3 is 18.8 Å². The zero-order valence-electron chi connectivity index (χ0n) is 8.31. The van der Waals surface area contributed by atoms with Crippen molar-refractivity contribution in [3.05, 3.63) is 0 Å². The maximum atomic E-state index is 10.1. The van der Waals surface area contributed by atoms with Crippen molar-refractivity contribution in [1.29, 1.82) is 0 Å². The molecule has 85 valence electrons. The number of phosphoric acid groups is 1. The van der Waals surface area contributed by atoms with E-state index in [1.165, 1.54) is 0 Å². The number of hydrogen-bond donors (Lipinski definition) is 1. The Labute approximate surface area is 133 Å². The third-order valence-electron chi connectivity index (χ3n) is 1.02. The van der Waals surface area contributed by atoms with Gasteiger partial charge in [0.25, 0.3) is 7.82 Å². The first-order valence-corrected chi connectivity index (χ1v) is 11.1. The van der Waals surface area contributed by atoms with Crippen LogP contribution in [-0.2, 0) is 41.8 Å². The fourth-order valence-corrected chi connectivity index (χ4v) is 0.742. The maximum Gasteiger partial charge on any atom is 0.265 e. The van der Waals surface area contributed by atoms with Crippen LogP contribution in [0.2, 0.25) is 0 Å². The molecule has 0 aliphatic heterocycles. The third kappa shape index (κ3) is 24.1. The molecule has 1 N–H and O–H groups in total. The zero-order chi connectivity index (χ0) is 11.1. The minimum Gasteiger partial charge on any atom is -0.756 e. The van der Waals surface area contributed by atoms with E-state index in [9.17, 15) is 9.46 Å². The molecule has 1 atom stereocenters. The quantitative estimate of drug-likeness (QED) is 0.337. The van der Waals surface area contributed by atoms with Crippen molar-refractivity contribution in [2.24, 2.45) is 0 Å². The van der Waals surface area contributed by atoms with Gasteiger partial charge in [-0.3, -0.25) is 4.57 Å². The molecule has 0 saturated carbocycles. The van der Waals surface area contributed by atoms with E-state index in [1.54, 1.807) is 0 Å². The van der Waals surface area contributed by atoms with Gasteiger partial charge in [0, 0.05) is 69.9 Å². The molecule has 9 heteroatoms. The van der Waals surface area contributed by atoms with Crippen LogP contribution in [0.3, 0.4) is 0 Å². The number of halogens is 2. The monoisotopic (exact) mass is 526 g/mol. The topological polar surface area (TPSA) is 69.6 Å². The van der Waals surface area contributed by atoms with Gasteiger partial charge in [0.1, 0.15) is 13.2 Å². The molecule has 5 nitrogen and oxygen atoms in total. The summed E-state index contributed by atoms with van der Waals surface area (Å²) in [6.45, 7) is 0.549. The van der Waals surface area contributed by atoms with Gasteiger partial charge in [-0.05, 0) is 0 Å². The molecule has 14 heavy (non-hydrogen) atoms. The first-order chi connectivity index (χ1) is 5.71. The second kappa shape index (κ2) is 10.8. The van der Waals surface area contributed by atoms with Crippen LogP contribution in [0.4, 0.5) is 0 Å². The van der Waals surface area contributed by atoms with Crippen LogP contribution >= 0.6 is 45.1 Å². The normalized spacial score (nSPS) is 14.5. The van der Waals surface area contributed by atoms with Gasteiger partial charge in [-0.15, -0.1) is 0 Å². The zero-order valence-corrected chi connectivity index (χ0v) is 16.4. The number of hydrogen-bond acceptors (Lipinski definition) is 3. The second-order valence-corrected chi connectivity index (χ2v) is 4.51. The first kappa shape index (κ1) is 21.9. The van der Waals surface area contributed by atoms with E-state index in [0.29, 0.717) is 11.0 Å². The van der Waals surface area contributed by atoms with Crippen LogP contribution in [0.15, 0.2) is 0 Å². The molecule has 0 aromatic carbocycles. The molecular formula is C5H14I2NO4PY. The summed E-state index contributed by atoms with van der Waals surface area (Å²) < 4.78 is 14.8. The van der Waals surface area contributed by atoms with Crippen molar-refractivity contribution in [2.75, 3.05) is 34.3 Å².